The summed E-state index contributed by atoms with van der Waals surface area (Å²) < 4.78 is 0. The van der Waals surface area contributed by atoms with Crippen molar-refractivity contribution in [2.75, 3.05) is 0 Å². The van der Waals surface area contributed by atoms with Crippen LogP contribution in [0.1, 0.15) is 20.3 Å². The van der Waals surface area contributed by atoms with Crippen LogP contribution in [0, 0.1) is 0 Å². The van der Waals surface area contributed by atoms with E-state index in [2.05, 4.69) is 18.2 Å². The third-order valence-electron chi connectivity index (χ3n) is 1.04. The number of aliphatic imine (C=N–C) groups is 1. The first kappa shape index (κ1) is 9.89. The summed E-state index contributed by atoms with van der Waals surface area (Å²) in [5.41, 5.74) is 1.95. The van der Waals surface area contributed by atoms with Crippen LogP contribution in [0.4, 0.5) is 0 Å². The Balaban J connectivity index is 3.78. The van der Waals surface area contributed by atoms with Gasteiger partial charge in [0.05, 0.1) is 0 Å². The summed E-state index contributed by atoms with van der Waals surface area (Å²) in [5, 5.41) is 0. The van der Waals surface area contributed by atoms with Gasteiger partial charge in [-0.05, 0) is 19.9 Å². The van der Waals surface area contributed by atoms with Gasteiger partial charge < -0.3 is 0 Å². The van der Waals surface area contributed by atoms with Gasteiger partial charge in [0, 0.05) is 18.3 Å². The summed E-state index contributed by atoms with van der Waals surface area (Å²) in [5.74, 6) is 0. The average molecular weight is 149 g/mol. The van der Waals surface area contributed by atoms with Crippen molar-refractivity contribution in [3.8, 4) is 0 Å². The third-order valence-corrected chi connectivity index (χ3v) is 1.04. The lowest BCUT2D eigenvalue weighted by Gasteiger charge is -1.95. The Hall–Kier alpha value is -1.11. The normalized spacial score (nSPS) is 11.1. The van der Waals surface area contributed by atoms with Crippen LogP contribution in [0.3, 0.4) is 0 Å². The molecule has 1 heteroatoms. The monoisotopic (exact) mass is 149 g/mol. The molecule has 0 bridgehead atoms. The highest BCUT2D eigenvalue weighted by atomic mass is 14.7. The summed E-state index contributed by atoms with van der Waals surface area (Å²) in [6, 6.07) is 0. The second-order valence-corrected chi connectivity index (χ2v) is 2.50. The van der Waals surface area contributed by atoms with Crippen molar-refractivity contribution in [3.05, 3.63) is 36.6 Å². The zero-order valence-electron chi connectivity index (χ0n) is 7.30. The summed E-state index contributed by atoms with van der Waals surface area (Å²) in [6.45, 7) is 11.5. The molecule has 60 valence electrons. The zero-order chi connectivity index (χ0) is 8.69. The van der Waals surface area contributed by atoms with Crippen LogP contribution in [-0.4, -0.2) is 6.21 Å². The molecule has 0 saturated carbocycles. The molecule has 0 spiro atoms. The second-order valence-electron chi connectivity index (χ2n) is 2.50. The van der Waals surface area contributed by atoms with Gasteiger partial charge in [0.15, 0.2) is 0 Å². The zero-order valence-corrected chi connectivity index (χ0v) is 7.30. The van der Waals surface area contributed by atoms with Crippen LogP contribution in [0.5, 0.6) is 0 Å². The highest BCUT2D eigenvalue weighted by Gasteiger charge is 1.88. The molecule has 0 heterocycles. The van der Waals surface area contributed by atoms with Gasteiger partial charge in [0.25, 0.3) is 0 Å². The molecule has 0 aromatic heterocycles. The lowest BCUT2D eigenvalue weighted by molar-refractivity contribution is 1.10. The van der Waals surface area contributed by atoms with Gasteiger partial charge in [-0.15, -0.1) is 0 Å². The molecule has 0 N–H and O–H groups in total. The minimum atomic E-state index is 0.786. The molecule has 1 nitrogen and oxygen atoms in total. The number of allylic oxidation sites excluding steroid dienone is 3. The molecule has 0 unspecified atom stereocenters. The van der Waals surface area contributed by atoms with Crippen molar-refractivity contribution in [1.82, 2.24) is 0 Å². The summed E-state index contributed by atoms with van der Waals surface area (Å²) >= 11 is 0. The molecule has 0 aromatic rings. The maximum atomic E-state index is 4.09. The van der Waals surface area contributed by atoms with Crippen LogP contribution >= 0.6 is 0 Å². The van der Waals surface area contributed by atoms with Crippen molar-refractivity contribution >= 4 is 6.21 Å². The van der Waals surface area contributed by atoms with Crippen LogP contribution < -0.4 is 0 Å². The first-order chi connectivity index (χ1) is 5.16. The predicted molar refractivity (Wildman–Crippen MR) is 51.9 cm³/mol. The molecule has 0 atom stereocenters. The van der Waals surface area contributed by atoms with Crippen LogP contribution in [0.2, 0.25) is 0 Å². The molecule has 0 rings (SSSR count). The predicted octanol–water partition coefficient (Wildman–Crippen LogP) is 3.11. The topological polar surface area (TPSA) is 12.4 Å². The third kappa shape index (κ3) is 6.78. The minimum Gasteiger partial charge on any atom is -0.262 e. The van der Waals surface area contributed by atoms with Gasteiger partial charge in [-0.2, -0.15) is 0 Å². The molecule has 0 aliphatic heterocycles. The van der Waals surface area contributed by atoms with Gasteiger partial charge in [0.2, 0.25) is 0 Å². The van der Waals surface area contributed by atoms with E-state index in [1.165, 1.54) is 0 Å². The Morgan fingerprint density at radius 1 is 1.45 bits per heavy atom. The van der Waals surface area contributed by atoms with Crippen molar-refractivity contribution in [2.24, 2.45) is 4.99 Å². The highest BCUT2D eigenvalue weighted by molar-refractivity contribution is 5.71. The fraction of sp³-hybridized carbons (Fsp3) is 0.300. The average Bonchev–Trinajstić information content (AvgIpc) is 1.86. The fourth-order valence-corrected chi connectivity index (χ4v) is 0.628. The van der Waals surface area contributed by atoms with Crippen LogP contribution in [0.15, 0.2) is 41.6 Å². The molecule has 0 aromatic carbocycles. The smallest absolute Gasteiger partial charge is 0.0372 e. The number of nitrogens with zero attached hydrogens (tertiary/aromatic N) is 1. The molecule has 0 saturated heterocycles. The molecule has 0 radical (unpaired) electrons. The SMILES string of the molecule is C=C(C)CC(=C)/N=C\C=C/C. The Morgan fingerprint density at radius 2 is 2.09 bits per heavy atom. The molecule has 11 heavy (non-hydrogen) atoms. The van der Waals surface area contributed by atoms with Gasteiger partial charge in [0.1, 0.15) is 0 Å². The number of rotatable bonds is 4. The van der Waals surface area contributed by atoms with Crippen LogP contribution in [0.25, 0.3) is 0 Å². The number of hydrogen-bond donors (Lipinski definition) is 0. The maximum Gasteiger partial charge on any atom is 0.0372 e. The molecule has 0 aliphatic rings. The highest BCUT2D eigenvalue weighted by Crippen LogP contribution is 2.06. The van der Waals surface area contributed by atoms with E-state index in [4.69, 9.17) is 0 Å². The van der Waals surface area contributed by atoms with Crippen molar-refractivity contribution < 1.29 is 0 Å². The van der Waals surface area contributed by atoms with E-state index < -0.39 is 0 Å². The van der Waals surface area contributed by atoms with E-state index in [1.54, 1.807) is 6.21 Å². The molecular weight excluding hydrogens is 134 g/mol. The van der Waals surface area contributed by atoms with E-state index in [1.807, 2.05) is 26.0 Å². The minimum absolute atomic E-state index is 0.786. The number of hydrogen-bond acceptors (Lipinski definition) is 1. The van der Waals surface area contributed by atoms with Gasteiger partial charge in [-0.1, -0.05) is 24.8 Å². The Labute approximate surface area is 68.9 Å². The maximum absolute atomic E-state index is 4.09. The summed E-state index contributed by atoms with van der Waals surface area (Å²) in [7, 11) is 0. The van der Waals surface area contributed by atoms with E-state index >= 15 is 0 Å². The Bertz CT molecular complexity index is 197. The van der Waals surface area contributed by atoms with E-state index in [-0.39, 0.29) is 0 Å². The second kappa shape index (κ2) is 5.66. The van der Waals surface area contributed by atoms with E-state index in [0.29, 0.717) is 0 Å². The van der Waals surface area contributed by atoms with Crippen LogP contribution in [-0.2, 0) is 0 Å². The van der Waals surface area contributed by atoms with E-state index in [0.717, 1.165) is 17.7 Å². The fourth-order valence-electron chi connectivity index (χ4n) is 0.628. The summed E-state index contributed by atoms with van der Waals surface area (Å²) in [4.78, 5) is 4.09. The van der Waals surface area contributed by atoms with Gasteiger partial charge in [-0.25, -0.2) is 0 Å². The summed E-state index contributed by atoms with van der Waals surface area (Å²) in [6.07, 6.45) is 6.33. The molecule has 0 amide bonds. The quantitative estimate of drug-likeness (QED) is 0.430. The molecule has 0 fully saturated rings. The Morgan fingerprint density at radius 3 is 2.55 bits per heavy atom. The van der Waals surface area contributed by atoms with E-state index in [9.17, 15) is 0 Å². The standard InChI is InChI=1S/C10H15N/c1-5-6-7-11-10(4)8-9(2)3/h5-7H,2,4,8H2,1,3H3/b6-5-,11-7-. The first-order valence-corrected chi connectivity index (χ1v) is 3.64. The largest absolute Gasteiger partial charge is 0.262 e. The first-order valence-electron chi connectivity index (χ1n) is 3.64. The lowest BCUT2D eigenvalue weighted by atomic mass is 10.2. The van der Waals surface area contributed by atoms with Gasteiger partial charge in [-0.3, -0.25) is 4.99 Å². The molecule has 0 aliphatic carbocycles. The van der Waals surface area contributed by atoms with Crippen molar-refractivity contribution in [3.63, 3.8) is 0 Å². The van der Waals surface area contributed by atoms with Crippen molar-refractivity contribution in [2.45, 2.75) is 20.3 Å². The van der Waals surface area contributed by atoms with Gasteiger partial charge >= 0.3 is 0 Å². The molecular formula is C10H15N. The van der Waals surface area contributed by atoms with Crippen molar-refractivity contribution in [1.29, 1.82) is 0 Å². The lowest BCUT2D eigenvalue weighted by Crippen LogP contribution is -1.78. The Kier molecular flexibility index (Phi) is 5.09.